The molecule has 0 radical (unpaired) electrons. The van der Waals surface area contributed by atoms with E-state index in [1.165, 1.54) is 62.1 Å². The van der Waals surface area contributed by atoms with Crippen LogP contribution < -0.4 is 14.4 Å². The lowest BCUT2D eigenvalue weighted by Gasteiger charge is -2.59. The van der Waals surface area contributed by atoms with Gasteiger partial charge in [0.2, 0.25) is 5.91 Å². The number of carbonyl (C=O) groups excluding carboxylic acids is 2. The minimum absolute atomic E-state index is 0.0451. The van der Waals surface area contributed by atoms with E-state index in [0.29, 0.717) is 41.9 Å². The molecule has 2 bridgehead atoms. The van der Waals surface area contributed by atoms with Crippen molar-refractivity contribution in [3.8, 4) is 11.5 Å². The highest BCUT2D eigenvalue weighted by Gasteiger charge is 2.65. The Labute approximate surface area is 243 Å². The van der Waals surface area contributed by atoms with E-state index < -0.39 is 0 Å². The van der Waals surface area contributed by atoms with Crippen LogP contribution in [-0.2, 0) is 21.4 Å². The number of nitrogens with zero attached hydrogens (tertiary/aromatic N) is 2. The number of fused-ring (bicyclic) bond motifs is 2. The van der Waals surface area contributed by atoms with Gasteiger partial charge in [-0.25, -0.2) is 0 Å². The van der Waals surface area contributed by atoms with Crippen LogP contribution in [0.25, 0.3) is 0 Å². The van der Waals surface area contributed by atoms with Crippen molar-refractivity contribution in [3.63, 3.8) is 0 Å². The predicted octanol–water partition coefficient (Wildman–Crippen LogP) is 5.23. The fraction of sp³-hybridized carbons (Fsp3) is 0.765. The second-order valence-corrected chi connectivity index (χ2v) is 14.5. The summed E-state index contributed by atoms with van der Waals surface area (Å²) in [7, 11) is 1.89. The number of aliphatic hydroxyl groups excluding tert-OH is 1. The number of rotatable bonds is 4. The Morgan fingerprint density at radius 3 is 2.66 bits per heavy atom. The molecule has 0 aromatic heterocycles. The first kappa shape index (κ1) is 26.5. The molecular formula is C34H46N2O5. The third kappa shape index (κ3) is 3.90. The van der Waals surface area contributed by atoms with Gasteiger partial charge in [0.15, 0.2) is 11.5 Å². The summed E-state index contributed by atoms with van der Waals surface area (Å²) in [5, 5.41) is 10.2. The number of amides is 1. The first-order valence-corrected chi connectivity index (χ1v) is 16.7. The van der Waals surface area contributed by atoms with Gasteiger partial charge in [-0.2, -0.15) is 0 Å². The van der Waals surface area contributed by atoms with E-state index >= 15 is 0 Å². The minimum Gasteiger partial charge on any atom is -0.485 e. The molecule has 3 unspecified atom stereocenters. The zero-order chi connectivity index (χ0) is 28.0. The second-order valence-electron chi connectivity index (χ2n) is 14.5. The van der Waals surface area contributed by atoms with Crippen molar-refractivity contribution in [1.29, 1.82) is 0 Å². The molecule has 7 aliphatic rings. The third-order valence-corrected chi connectivity index (χ3v) is 12.4. The molecule has 7 nitrogen and oxygen atoms in total. The fourth-order valence-electron chi connectivity index (χ4n) is 10.6. The van der Waals surface area contributed by atoms with E-state index in [0.717, 1.165) is 69.5 Å². The van der Waals surface area contributed by atoms with E-state index in [1.54, 1.807) is 0 Å². The zero-order valence-electron chi connectivity index (χ0n) is 24.8. The number of aliphatic hydroxyl groups is 1. The van der Waals surface area contributed by atoms with E-state index in [4.69, 9.17) is 9.47 Å². The highest BCUT2D eigenvalue weighted by molar-refractivity contribution is 5.98. The maximum absolute atomic E-state index is 13.5. The number of benzene rings is 1. The van der Waals surface area contributed by atoms with Gasteiger partial charge in [-0.05, 0) is 99.6 Å². The van der Waals surface area contributed by atoms with Crippen LogP contribution in [0.5, 0.6) is 11.5 Å². The SMILES string of the molecule is CC(=O)Oc1c2c3c(c4c1N(C)C(=O)CCCC4C1CCCCC1)C[C@@H]1[C@@H]4CCC[C@H](O2)[C@]34CCN1CC1CC1O. The van der Waals surface area contributed by atoms with E-state index in [2.05, 4.69) is 4.90 Å². The second kappa shape index (κ2) is 9.70. The standard InChI is InChI=1S/C34H46N2O5/c1-19(37)40-33-31-29(22(20-8-4-3-5-9-20)10-6-13-28(39)35(31)2)23-17-25-24-11-7-12-27-34(24,30(23)32(33)41-27)14-15-36(25)18-21-16-26(21)38/h20-22,24-27,38H,3-18H2,1-2H3/t21?,22?,24-,25+,26?,27-,34+/m0/s1. The molecule has 1 spiro atoms. The Morgan fingerprint density at radius 1 is 1.10 bits per heavy atom. The first-order chi connectivity index (χ1) is 19.9. The van der Waals surface area contributed by atoms with Crippen molar-refractivity contribution in [2.75, 3.05) is 25.0 Å². The van der Waals surface area contributed by atoms with E-state index in [9.17, 15) is 14.7 Å². The molecule has 7 atom stereocenters. The van der Waals surface area contributed by atoms with Gasteiger partial charge in [0.25, 0.3) is 0 Å². The first-order valence-electron chi connectivity index (χ1n) is 16.7. The molecular weight excluding hydrogens is 516 g/mol. The summed E-state index contributed by atoms with van der Waals surface area (Å²) in [5.41, 5.74) is 4.87. The van der Waals surface area contributed by atoms with Gasteiger partial charge >= 0.3 is 5.97 Å². The Hall–Kier alpha value is -2.12. The Bertz CT molecular complexity index is 1270. The molecule has 7 heteroatoms. The monoisotopic (exact) mass is 562 g/mol. The van der Waals surface area contributed by atoms with Crippen molar-refractivity contribution < 1.29 is 24.2 Å². The van der Waals surface area contributed by atoms with Gasteiger partial charge in [-0.15, -0.1) is 0 Å². The molecule has 4 aliphatic carbocycles. The topological polar surface area (TPSA) is 79.3 Å². The number of hydrogen-bond donors (Lipinski definition) is 1. The summed E-state index contributed by atoms with van der Waals surface area (Å²) in [6, 6.07) is 0.434. The summed E-state index contributed by atoms with van der Waals surface area (Å²) in [4.78, 5) is 30.8. The van der Waals surface area contributed by atoms with Crippen LogP contribution in [0.1, 0.15) is 113 Å². The molecule has 3 saturated carbocycles. The molecule has 1 aromatic rings. The number of likely N-dealkylation sites (tertiary alicyclic amines) is 1. The average molecular weight is 563 g/mol. The van der Waals surface area contributed by atoms with Crippen molar-refractivity contribution in [2.45, 2.75) is 126 Å². The van der Waals surface area contributed by atoms with E-state index in [1.807, 2.05) is 11.9 Å². The lowest BCUT2D eigenvalue weighted by Crippen LogP contribution is -2.64. The number of anilines is 1. The molecule has 222 valence electrons. The molecule has 8 rings (SSSR count). The van der Waals surface area contributed by atoms with Crippen molar-refractivity contribution in [2.24, 2.45) is 17.8 Å². The van der Waals surface area contributed by atoms with Gasteiger partial charge in [-0.1, -0.05) is 19.3 Å². The minimum atomic E-state index is -0.348. The van der Waals surface area contributed by atoms with Crippen molar-refractivity contribution in [1.82, 2.24) is 4.90 Å². The number of hydrogen-bond acceptors (Lipinski definition) is 6. The lowest BCUT2D eigenvalue weighted by atomic mass is 9.51. The number of carbonyl (C=O) groups is 2. The summed E-state index contributed by atoms with van der Waals surface area (Å²) in [5.74, 6) is 2.94. The van der Waals surface area contributed by atoms with Gasteiger partial charge in [0, 0.05) is 49.9 Å². The molecule has 1 N–H and O–H groups in total. The van der Waals surface area contributed by atoms with Gasteiger partial charge in [0.1, 0.15) is 6.10 Å². The molecule has 4 fully saturated rings. The molecule has 1 saturated heterocycles. The number of esters is 1. The molecule has 3 heterocycles. The average Bonchev–Trinajstić information content (AvgIpc) is 3.55. The van der Waals surface area contributed by atoms with Crippen LogP contribution in [0.3, 0.4) is 0 Å². The maximum atomic E-state index is 13.5. The number of piperidine rings is 1. The number of ether oxygens (including phenoxy) is 2. The normalized spacial score (nSPS) is 37.9. The van der Waals surface area contributed by atoms with Gasteiger partial charge < -0.3 is 19.5 Å². The predicted molar refractivity (Wildman–Crippen MR) is 156 cm³/mol. The maximum Gasteiger partial charge on any atom is 0.308 e. The zero-order valence-corrected chi connectivity index (χ0v) is 24.8. The molecule has 1 amide bonds. The highest BCUT2D eigenvalue weighted by atomic mass is 16.6. The van der Waals surface area contributed by atoms with Gasteiger partial charge in [0.05, 0.1) is 11.8 Å². The highest BCUT2D eigenvalue weighted by Crippen LogP contribution is 2.67. The third-order valence-electron chi connectivity index (χ3n) is 12.4. The van der Waals surface area contributed by atoms with Crippen LogP contribution >= 0.6 is 0 Å². The van der Waals surface area contributed by atoms with Crippen LogP contribution in [0.2, 0.25) is 0 Å². The quantitative estimate of drug-likeness (QED) is 0.400. The molecule has 1 aromatic carbocycles. The van der Waals surface area contributed by atoms with Crippen molar-refractivity contribution in [3.05, 3.63) is 16.7 Å². The summed E-state index contributed by atoms with van der Waals surface area (Å²) in [6.45, 7) is 3.50. The fourth-order valence-corrected chi connectivity index (χ4v) is 10.6. The summed E-state index contributed by atoms with van der Waals surface area (Å²) in [6.07, 6.45) is 15.1. The molecule has 41 heavy (non-hydrogen) atoms. The van der Waals surface area contributed by atoms with Crippen LogP contribution in [0.15, 0.2) is 0 Å². The summed E-state index contributed by atoms with van der Waals surface area (Å²) >= 11 is 0. The summed E-state index contributed by atoms with van der Waals surface area (Å²) < 4.78 is 13.1. The van der Waals surface area contributed by atoms with Crippen LogP contribution in [0, 0.1) is 17.8 Å². The Morgan fingerprint density at radius 2 is 1.90 bits per heavy atom. The lowest BCUT2D eigenvalue weighted by molar-refractivity contribution is -0.132. The van der Waals surface area contributed by atoms with Crippen molar-refractivity contribution >= 4 is 17.6 Å². The molecule has 3 aliphatic heterocycles. The van der Waals surface area contributed by atoms with Crippen LogP contribution in [-0.4, -0.2) is 60.3 Å². The smallest absolute Gasteiger partial charge is 0.308 e. The largest absolute Gasteiger partial charge is 0.485 e. The van der Waals surface area contributed by atoms with Gasteiger partial charge in [-0.3, -0.25) is 14.5 Å². The van der Waals surface area contributed by atoms with Crippen LogP contribution in [0.4, 0.5) is 5.69 Å². The van der Waals surface area contributed by atoms with E-state index in [-0.39, 0.29) is 29.5 Å². The Balaban J connectivity index is 1.38. The Kier molecular flexibility index (Phi) is 6.27.